The van der Waals surface area contributed by atoms with Gasteiger partial charge in [-0.3, -0.25) is 0 Å². The monoisotopic (exact) mass is 238 g/mol. The molecule has 1 N–H and O–H groups in total. The van der Waals surface area contributed by atoms with Gasteiger partial charge in [-0.1, -0.05) is 32.6 Å². The highest BCUT2D eigenvalue weighted by atomic mass is 32.1. The van der Waals surface area contributed by atoms with Crippen LogP contribution in [-0.2, 0) is 0 Å². The topological polar surface area (TPSA) is 20.2 Å². The van der Waals surface area contributed by atoms with Crippen LogP contribution >= 0.6 is 11.3 Å². The molecule has 0 aromatic carbocycles. The van der Waals surface area contributed by atoms with Gasteiger partial charge in [-0.2, -0.15) is 0 Å². The Hall–Kier alpha value is -0.340. The first-order chi connectivity index (χ1) is 7.72. The highest BCUT2D eigenvalue weighted by molar-refractivity contribution is 7.12. The summed E-state index contributed by atoms with van der Waals surface area (Å²) in [7, 11) is 0. The normalized spacial score (nSPS) is 27.9. The zero-order valence-corrected chi connectivity index (χ0v) is 11.1. The molecular weight excluding hydrogens is 216 g/mol. The zero-order valence-electron chi connectivity index (χ0n) is 10.3. The van der Waals surface area contributed by atoms with Crippen LogP contribution in [0.3, 0.4) is 0 Å². The van der Waals surface area contributed by atoms with Crippen molar-refractivity contribution in [3.05, 3.63) is 21.9 Å². The average Bonchev–Trinajstić information content (AvgIpc) is 2.75. The fraction of sp³-hybridized carbons (Fsp3) is 0.714. The minimum atomic E-state index is -0.219. The first-order valence-corrected chi connectivity index (χ1v) is 7.28. The van der Waals surface area contributed by atoms with Crippen LogP contribution in [0, 0.1) is 18.8 Å². The van der Waals surface area contributed by atoms with Gasteiger partial charge in [0.25, 0.3) is 0 Å². The molecule has 3 atom stereocenters. The fourth-order valence-electron chi connectivity index (χ4n) is 2.98. The molecule has 0 aliphatic heterocycles. The summed E-state index contributed by atoms with van der Waals surface area (Å²) in [6.45, 7) is 4.37. The molecular formula is C14H22OS. The first kappa shape index (κ1) is 12.1. The Morgan fingerprint density at radius 2 is 2.12 bits per heavy atom. The van der Waals surface area contributed by atoms with Crippen molar-refractivity contribution in [3.63, 3.8) is 0 Å². The van der Waals surface area contributed by atoms with Gasteiger partial charge in [0.1, 0.15) is 0 Å². The Morgan fingerprint density at radius 1 is 1.38 bits per heavy atom. The molecule has 0 amide bonds. The van der Waals surface area contributed by atoms with Crippen molar-refractivity contribution in [2.45, 2.75) is 52.1 Å². The predicted octanol–water partition coefficient (Wildman–Crippen LogP) is 4.31. The van der Waals surface area contributed by atoms with Crippen molar-refractivity contribution in [1.29, 1.82) is 0 Å². The SMILES string of the molecule is CCC1CCCCC1C(O)c1ccc(C)s1. The van der Waals surface area contributed by atoms with Gasteiger partial charge in [0, 0.05) is 9.75 Å². The number of thiophene rings is 1. The Bertz CT molecular complexity index is 331. The Kier molecular flexibility index (Phi) is 4.04. The number of aliphatic hydroxyl groups excluding tert-OH is 1. The highest BCUT2D eigenvalue weighted by Crippen LogP contribution is 2.41. The minimum Gasteiger partial charge on any atom is -0.387 e. The van der Waals surface area contributed by atoms with Crippen LogP contribution in [0.1, 0.15) is 54.9 Å². The van der Waals surface area contributed by atoms with Gasteiger partial charge in [0.05, 0.1) is 6.10 Å². The summed E-state index contributed by atoms with van der Waals surface area (Å²) in [5.74, 6) is 1.22. The van der Waals surface area contributed by atoms with E-state index in [1.54, 1.807) is 11.3 Å². The summed E-state index contributed by atoms with van der Waals surface area (Å²) in [5, 5.41) is 10.5. The summed E-state index contributed by atoms with van der Waals surface area (Å²) in [6.07, 6.45) is 6.16. The van der Waals surface area contributed by atoms with Crippen LogP contribution in [0.15, 0.2) is 12.1 Å². The minimum absolute atomic E-state index is 0.219. The maximum atomic E-state index is 10.5. The van der Waals surface area contributed by atoms with E-state index in [4.69, 9.17) is 0 Å². The lowest BCUT2D eigenvalue weighted by molar-refractivity contribution is 0.0477. The highest BCUT2D eigenvalue weighted by Gasteiger charge is 2.31. The maximum Gasteiger partial charge on any atom is 0.0912 e. The second kappa shape index (κ2) is 5.33. The Morgan fingerprint density at radius 3 is 2.75 bits per heavy atom. The van der Waals surface area contributed by atoms with E-state index >= 15 is 0 Å². The summed E-state index contributed by atoms with van der Waals surface area (Å²) >= 11 is 1.75. The molecule has 1 saturated carbocycles. The molecule has 0 spiro atoms. The van der Waals surface area contributed by atoms with Crippen molar-refractivity contribution in [3.8, 4) is 0 Å². The number of hydrogen-bond acceptors (Lipinski definition) is 2. The van der Waals surface area contributed by atoms with Crippen LogP contribution in [0.5, 0.6) is 0 Å². The van der Waals surface area contributed by atoms with Crippen molar-refractivity contribution in [2.75, 3.05) is 0 Å². The average molecular weight is 238 g/mol. The fourth-order valence-corrected chi connectivity index (χ4v) is 3.92. The van der Waals surface area contributed by atoms with Crippen LogP contribution in [-0.4, -0.2) is 5.11 Å². The van der Waals surface area contributed by atoms with Crippen LogP contribution in [0.25, 0.3) is 0 Å². The quantitative estimate of drug-likeness (QED) is 0.832. The van der Waals surface area contributed by atoms with E-state index in [2.05, 4.69) is 26.0 Å². The summed E-state index contributed by atoms with van der Waals surface area (Å²) in [5.41, 5.74) is 0. The van der Waals surface area contributed by atoms with Crippen molar-refractivity contribution >= 4 is 11.3 Å². The third kappa shape index (κ3) is 2.49. The largest absolute Gasteiger partial charge is 0.387 e. The van der Waals surface area contributed by atoms with Gasteiger partial charge in [0.15, 0.2) is 0 Å². The molecule has 2 rings (SSSR count). The third-order valence-electron chi connectivity index (χ3n) is 3.95. The van der Waals surface area contributed by atoms with E-state index in [1.807, 2.05) is 0 Å². The summed E-state index contributed by atoms with van der Waals surface area (Å²) in [4.78, 5) is 2.47. The maximum absolute atomic E-state index is 10.5. The summed E-state index contributed by atoms with van der Waals surface area (Å²) in [6, 6.07) is 4.22. The molecule has 16 heavy (non-hydrogen) atoms. The van der Waals surface area contributed by atoms with E-state index in [1.165, 1.54) is 41.9 Å². The molecule has 1 fully saturated rings. The Labute approximate surface area is 103 Å². The second-order valence-electron chi connectivity index (χ2n) is 5.01. The second-order valence-corrected chi connectivity index (χ2v) is 6.33. The molecule has 0 saturated heterocycles. The molecule has 90 valence electrons. The molecule has 3 unspecified atom stereocenters. The lowest BCUT2D eigenvalue weighted by Gasteiger charge is -2.33. The van der Waals surface area contributed by atoms with E-state index in [9.17, 15) is 5.11 Å². The van der Waals surface area contributed by atoms with Crippen LogP contribution in [0.2, 0.25) is 0 Å². The van der Waals surface area contributed by atoms with Gasteiger partial charge in [-0.25, -0.2) is 0 Å². The van der Waals surface area contributed by atoms with Crippen molar-refractivity contribution in [2.24, 2.45) is 11.8 Å². The van der Waals surface area contributed by atoms with Gasteiger partial charge in [-0.05, 0) is 37.3 Å². The smallest absolute Gasteiger partial charge is 0.0912 e. The van der Waals surface area contributed by atoms with Gasteiger partial charge in [0.2, 0.25) is 0 Å². The van der Waals surface area contributed by atoms with Gasteiger partial charge >= 0.3 is 0 Å². The molecule has 1 heterocycles. The van der Waals surface area contributed by atoms with Gasteiger partial charge in [-0.15, -0.1) is 11.3 Å². The van der Waals surface area contributed by atoms with Crippen LogP contribution in [0.4, 0.5) is 0 Å². The Balaban J connectivity index is 2.10. The molecule has 1 aliphatic rings. The zero-order chi connectivity index (χ0) is 11.5. The van der Waals surface area contributed by atoms with Gasteiger partial charge < -0.3 is 5.11 Å². The van der Waals surface area contributed by atoms with E-state index in [0.29, 0.717) is 5.92 Å². The standard InChI is InChI=1S/C14H22OS/c1-3-11-6-4-5-7-12(11)14(15)13-9-8-10(2)16-13/h8-9,11-12,14-15H,3-7H2,1-2H3. The first-order valence-electron chi connectivity index (χ1n) is 6.46. The molecule has 0 bridgehead atoms. The number of hydrogen-bond donors (Lipinski definition) is 1. The summed E-state index contributed by atoms with van der Waals surface area (Å²) < 4.78 is 0. The number of rotatable bonds is 3. The van der Waals surface area contributed by atoms with E-state index < -0.39 is 0 Å². The van der Waals surface area contributed by atoms with Crippen molar-refractivity contribution in [1.82, 2.24) is 0 Å². The van der Waals surface area contributed by atoms with Crippen LogP contribution < -0.4 is 0 Å². The van der Waals surface area contributed by atoms with Crippen molar-refractivity contribution < 1.29 is 5.11 Å². The lowest BCUT2D eigenvalue weighted by atomic mass is 9.74. The van der Waals surface area contributed by atoms with E-state index in [0.717, 1.165) is 5.92 Å². The molecule has 1 aromatic rings. The molecule has 2 heteroatoms. The third-order valence-corrected chi connectivity index (χ3v) is 5.02. The molecule has 1 nitrogen and oxygen atoms in total. The molecule has 0 radical (unpaired) electrons. The van der Waals surface area contributed by atoms with E-state index in [-0.39, 0.29) is 6.10 Å². The number of aliphatic hydroxyl groups is 1. The lowest BCUT2D eigenvalue weighted by Crippen LogP contribution is -2.24. The number of aryl methyl sites for hydroxylation is 1. The predicted molar refractivity (Wildman–Crippen MR) is 69.8 cm³/mol. The molecule has 1 aliphatic carbocycles. The molecule has 1 aromatic heterocycles.